The average molecular weight is 383 g/mol. The van der Waals surface area contributed by atoms with Crippen LogP contribution in [0.2, 0.25) is 0 Å². The van der Waals surface area contributed by atoms with Crippen LogP contribution in [0.5, 0.6) is 0 Å². The highest BCUT2D eigenvalue weighted by Gasteiger charge is 2.35. The molecule has 2 aliphatic carbocycles. The fourth-order valence-electron chi connectivity index (χ4n) is 3.67. The highest BCUT2D eigenvalue weighted by Crippen LogP contribution is 2.34. The van der Waals surface area contributed by atoms with Gasteiger partial charge in [0.1, 0.15) is 0 Å². The van der Waals surface area contributed by atoms with Crippen molar-refractivity contribution in [1.29, 1.82) is 0 Å². The van der Waals surface area contributed by atoms with E-state index in [2.05, 4.69) is 40.2 Å². The van der Waals surface area contributed by atoms with Gasteiger partial charge in [-0.15, -0.1) is 10.2 Å². The van der Waals surface area contributed by atoms with Crippen LogP contribution in [0.15, 0.2) is 41.2 Å². The summed E-state index contributed by atoms with van der Waals surface area (Å²) in [7, 11) is 1.97. The van der Waals surface area contributed by atoms with E-state index in [0.29, 0.717) is 11.8 Å². The molecule has 0 radical (unpaired) electrons. The number of rotatable bonds is 6. The number of amides is 1. The molecule has 0 spiro atoms. The van der Waals surface area contributed by atoms with Crippen molar-refractivity contribution in [3.8, 4) is 11.4 Å². The number of aromatic nitrogens is 3. The molecule has 0 aliphatic heterocycles. The Bertz CT molecular complexity index is 869. The number of allylic oxidation sites excluding steroid dienone is 2. The molecule has 5 nitrogen and oxygen atoms in total. The first-order valence-corrected chi connectivity index (χ1v) is 10.7. The molecule has 4 rings (SSSR count). The molecule has 142 valence electrons. The number of carbonyl (C=O) groups is 1. The van der Waals surface area contributed by atoms with Gasteiger partial charge in [0.15, 0.2) is 11.0 Å². The third-order valence-corrected chi connectivity index (χ3v) is 6.31. The van der Waals surface area contributed by atoms with Gasteiger partial charge in [-0.2, -0.15) is 0 Å². The maximum Gasteiger partial charge on any atom is 0.237 e. The average Bonchev–Trinajstić information content (AvgIpc) is 3.44. The molecule has 2 aromatic rings. The molecule has 0 saturated heterocycles. The number of benzene rings is 1. The molecule has 2 aliphatic rings. The topological polar surface area (TPSA) is 51.0 Å². The van der Waals surface area contributed by atoms with Crippen LogP contribution in [0.1, 0.15) is 44.1 Å². The van der Waals surface area contributed by atoms with Crippen molar-refractivity contribution in [2.24, 2.45) is 7.05 Å². The number of hydrogen-bond donors (Lipinski definition) is 0. The number of aryl methyl sites for hydroxylation is 1. The summed E-state index contributed by atoms with van der Waals surface area (Å²) >= 11 is 1.48. The number of thioether (sulfide) groups is 1. The van der Waals surface area contributed by atoms with Crippen LogP contribution in [-0.4, -0.2) is 37.4 Å². The molecule has 0 bridgehead atoms. The summed E-state index contributed by atoms with van der Waals surface area (Å²) in [4.78, 5) is 15.0. The third kappa shape index (κ3) is 3.95. The van der Waals surface area contributed by atoms with Gasteiger partial charge in [0, 0.05) is 24.4 Å². The Morgan fingerprint density at radius 2 is 2.07 bits per heavy atom. The van der Waals surface area contributed by atoms with Crippen LogP contribution in [0.4, 0.5) is 0 Å². The number of hydrogen-bond acceptors (Lipinski definition) is 4. The highest BCUT2D eigenvalue weighted by molar-refractivity contribution is 7.99. The summed E-state index contributed by atoms with van der Waals surface area (Å²) in [6.45, 7) is 2.08. The lowest BCUT2D eigenvalue weighted by Gasteiger charge is -2.27. The van der Waals surface area contributed by atoms with Gasteiger partial charge in [0.2, 0.25) is 5.91 Å². The van der Waals surface area contributed by atoms with Crippen molar-refractivity contribution in [2.75, 3.05) is 5.75 Å². The highest BCUT2D eigenvalue weighted by atomic mass is 32.2. The zero-order valence-electron chi connectivity index (χ0n) is 16.0. The summed E-state index contributed by atoms with van der Waals surface area (Å²) < 4.78 is 1.99. The van der Waals surface area contributed by atoms with E-state index in [1.807, 2.05) is 23.7 Å². The standard InChI is InChI=1S/C21H26N4OS/c1-15-8-6-7-11-18(15)20-22-23-21(24(20)2)27-14-19(26)25(17-12-13-17)16-9-4-3-5-10-16/h6-9,11,17H,3-5,10,12-14H2,1-2H3. The predicted molar refractivity (Wildman–Crippen MR) is 108 cm³/mol. The summed E-state index contributed by atoms with van der Waals surface area (Å²) in [5.74, 6) is 1.46. The quantitative estimate of drug-likeness (QED) is 0.698. The first-order chi connectivity index (χ1) is 13.1. The Kier molecular flexibility index (Phi) is 5.34. The lowest BCUT2D eigenvalue weighted by Crippen LogP contribution is -2.34. The van der Waals surface area contributed by atoms with Crippen LogP contribution in [-0.2, 0) is 11.8 Å². The van der Waals surface area contributed by atoms with Crippen LogP contribution < -0.4 is 0 Å². The Hall–Kier alpha value is -2.08. The minimum absolute atomic E-state index is 0.205. The lowest BCUT2D eigenvalue weighted by atomic mass is 10.0. The van der Waals surface area contributed by atoms with Crippen molar-refractivity contribution in [3.63, 3.8) is 0 Å². The van der Waals surface area contributed by atoms with E-state index in [-0.39, 0.29) is 5.91 Å². The summed E-state index contributed by atoms with van der Waals surface area (Å²) in [6, 6.07) is 8.59. The number of nitrogens with zero attached hydrogens (tertiary/aromatic N) is 4. The van der Waals surface area contributed by atoms with Crippen LogP contribution in [0.25, 0.3) is 11.4 Å². The minimum atomic E-state index is 0.205. The van der Waals surface area contributed by atoms with Gasteiger partial charge in [-0.05, 0) is 51.0 Å². The second-order valence-electron chi connectivity index (χ2n) is 7.40. The molecule has 1 aromatic carbocycles. The largest absolute Gasteiger partial charge is 0.313 e. The van der Waals surface area contributed by atoms with Gasteiger partial charge in [-0.25, -0.2) is 0 Å². The Morgan fingerprint density at radius 1 is 1.26 bits per heavy atom. The van der Waals surface area contributed by atoms with Gasteiger partial charge < -0.3 is 9.47 Å². The molecular formula is C21H26N4OS. The maximum atomic E-state index is 12.9. The van der Waals surface area contributed by atoms with E-state index >= 15 is 0 Å². The van der Waals surface area contributed by atoms with Gasteiger partial charge in [0.05, 0.1) is 5.75 Å². The van der Waals surface area contributed by atoms with Gasteiger partial charge in [-0.3, -0.25) is 4.79 Å². The molecule has 1 amide bonds. The molecule has 0 N–H and O–H groups in total. The summed E-state index contributed by atoms with van der Waals surface area (Å²) in [6.07, 6.45) is 9.10. The molecule has 1 fully saturated rings. The second-order valence-corrected chi connectivity index (χ2v) is 8.35. The van der Waals surface area contributed by atoms with Gasteiger partial charge >= 0.3 is 0 Å². The minimum Gasteiger partial charge on any atom is -0.313 e. The molecule has 0 atom stereocenters. The first-order valence-electron chi connectivity index (χ1n) is 9.74. The number of carbonyl (C=O) groups excluding carboxylic acids is 1. The van der Waals surface area contributed by atoms with E-state index in [1.165, 1.54) is 35.9 Å². The Labute approximate surface area is 164 Å². The van der Waals surface area contributed by atoms with Gasteiger partial charge in [0.25, 0.3) is 0 Å². The molecule has 27 heavy (non-hydrogen) atoms. The van der Waals surface area contributed by atoms with Crippen molar-refractivity contribution in [1.82, 2.24) is 19.7 Å². The van der Waals surface area contributed by atoms with Crippen molar-refractivity contribution in [2.45, 2.75) is 56.6 Å². The van der Waals surface area contributed by atoms with E-state index in [1.54, 1.807) is 0 Å². The second kappa shape index (κ2) is 7.89. The van der Waals surface area contributed by atoms with E-state index in [0.717, 1.165) is 42.2 Å². The predicted octanol–water partition coefficient (Wildman–Crippen LogP) is 4.33. The van der Waals surface area contributed by atoms with E-state index in [9.17, 15) is 4.79 Å². The first kappa shape index (κ1) is 18.3. The Balaban J connectivity index is 1.46. The van der Waals surface area contributed by atoms with Crippen molar-refractivity contribution >= 4 is 17.7 Å². The van der Waals surface area contributed by atoms with Crippen LogP contribution in [0, 0.1) is 6.92 Å². The smallest absolute Gasteiger partial charge is 0.237 e. The molecular weight excluding hydrogens is 356 g/mol. The van der Waals surface area contributed by atoms with Crippen molar-refractivity contribution in [3.05, 3.63) is 41.6 Å². The monoisotopic (exact) mass is 382 g/mol. The van der Waals surface area contributed by atoms with Crippen molar-refractivity contribution < 1.29 is 4.79 Å². The molecule has 1 heterocycles. The lowest BCUT2D eigenvalue weighted by molar-refractivity contribution is -0.127. The summed E-state index contributed by atoms with van der Waals surface area (Å²) in [5, 5.41) is 9.48. The molecule has 6 heteroatoms. The third-order valence-electron chi connectivity index (χ3n) is 5.30. The zero-order chi connectivity index (χ0) is 18.8. The van der Waals surface area contributed by atoms with E-state index in [4.69, 9.17) is 0 Å². The maximum absolute atomic E-state index is 12.9. The van der Waals surface area contributed by atoms with Gasteiger partial charge in [-0.1, -0.05) is 42.1 Å². The van der Waals surface area contributed by atoms with E-state index < -0.39 is 0 Å². The van der Waals surface area contributed by atoms with Crippen LogP contribution in [0.3, 0.4) is 0 Å². The SMILES string of the molecule is Cc1ccccc1-c1nnc(SCC(=O)N(C2=CCCCC2)C2CC2)n1C. The Morgan fingerprint density at radius 3 is 2.78 bits per heavy atom. The normalized spacial score (nSPS) is 16.9. The molecule has 1 aromatic heterocycles. The zero-order valence-corrected chi connectivity index (χ0v) is 16.8. The molecule has 0 unspecified atom stereocenters. The fourth-order valence-corrected chi connectivity index (χ4v) is 4.44. The fraction of sp³-hybridized carbons (Fsp3) is 0.476. The molecule has 1 saturated carbocycles. The summed E-state index contributed by atoms with van der Waals surface area (Å²) in [5.41, 5.74) is 3.50. The van der Waals surface area contributed by atoms with Crippen LogP contribution >= 0.6 is 11.8 Å².